The van der Waals surface area contributed by atoms with Crippen LogP contribution in [0, 0.1) is 12.3 Å². The SMILES string of the molecule is C#Cc1ccc(-c2cc(=O)[nH]c3c(-c4ccc(Cl)c(Cl)c4)c(C(F)(F)F)nn23)c(O)c1. The molecule has 0 spiro atoms. The first-order chi connectivity index (χ1) is 14.6. The van der Waals surface area contributed by atoms with Crippen molar-refractivity contribution in [3.05, 3.63) is 74.1 Å². The van der Waals surface area contributed by atoms with Crippen LogP contribution in [0.5, 0.6) is 5.75 Å². The predicted octanol–water partition coefficient (Wildman–Crippen LogP) is 5.37. The smallest absolute Gasteiger partial charge is 0.435 e. The van der Waals surface area contributed by atoms with Crippen LogP contribution in [0.3, 0.4) is 0 Å². The van der Waals surface area contributed by atoms with Gasteiger partial charge >= 0.3 is 6.18 Å². The van der Waals surface area contributed by atoms with Crippen LogP contribution in [0.25, 0.3) is 28.0 Å². The number of alkyl halides is 3. The van der Waals surface area contributed by atoms with Gasteiger partial charge in [0.15, 0.2) is 5.69 Å². The number of aromatic nitrogens is 3. The zero-order chi connectivity index (χ0) is 22.5. The summed E-state index contributed by atoms with van der Waals surface area (Å²) in [6.07, 6.45) is 0.451. The molecule has 4 rings (SSSR count). The third-order valence-electron chi connectivity index (χ3n) is 4.54. The van der Waals surface area contributed by atoms with Gasteiger partial charge in [0.05, 0.1) is 21.3 Å². The van der Waals surface area contributed by atoms with Crippen LogP contribution < -0.4 is 5.56 Å². The number of hydrogen-bond acceptors (Lipinski definition) is 3. The van der Waals surface area contributed by atoms with E-state index in [-0.39, 0.29) is 43.8 Å². The van der Waals surface area contributed by atoms with Crippen molar-refractivity contribution in [1.29, 1.82) is 0 Å². The van der Waals surface area contributed by atoms with E-state index >= 15 is 0 Å². The summed E-state index contributed by atoms with van der Waals surface area (Å²) < 4.78 is 42.5. The Hall–Kier alpha value is -3.41. The van der Waals surface area contributed by atoms with E-state index in [0.29, 0.717) is 5.56 Å². The largest absolute Gasteiger partial charge is 0.507 e. The fourth-order valence-electron chi connectivity index (χ4n) is 3.20. The molecule has 0 aliphatic heterocycles. The summed E-state index contributed by atoms with van der Waals surface area (Å²) in [5.74, 6) is 2.02. The second kappa shape index (κ2) is 7.38. The van der Waals surface area contributed by atoms with Crippen LogP contribution in [0.1, 0.15) is 11.3 Å². The molecule has 0 atom stereocenters. The molecule has 0 unspecified atom stereocenters. The topological polar surface area (TPSA) is 70.4 Å². The molecular formula is C21H10Cl2F3N3O2. The Kier molecular flexibility index (Phi) is 4.96. The Bertz CT molecular complexity index is 1450. The molecule has 0 saturated heterocycles. The number of rotatable bonds is 2. The standard InChI is InChI=1S/C21H10Cl2F3N3O2/c1-2-10-3-5-12(16(30)7-10)15-9-17(31)27-20-18(11-4-6-13(22)14(23)8-11)19(21(24,25)26)28-29(15)20/h1,3-9,30H,(H,27,31). The van der Waals surface area contributed by atoms with Gasteiger partial charge in [0, 0.05) is 17.2 Å². The molecule has 2 aromatic carbocycles. The maximum atomic E-state index is 13.9. The summed E-state index contributed by atoms with van der Waals surface area (Å²) in [5, 5.41) is 14.2. The van der Waals surface area contributed by atoms with Crippen molar-refractivity contribution in [3.63, 3.8) is 0 Å². The van der Waals surface area contributed by atoms with E-state index in [1.165, 1.54) is 36.4 Å². The molecule has 31 heavy (non-hydrogen) atoms. The molecule has 0 aliphatic carbocycles. The Morgan fingerprint density at radius 2 is 1.84 bits per heavy atom. The highest BCUT2D eigenvalue weighted by Crippen LogP contribution is 2.41. The minimum atomic E-state index is -4.85. The van der Waals surface area contributed by atoms with Gasteiger partial charge in [0.2, 0.25) is 0 Å². The minimum absolute atomic E-state index is 0.0349. The lowest BCUT2D eigenvalue weighted by Gasteiger charge is -2.08. The first kappa shape index (κ1) is 20.8. The normalized spacial score (nSPS) is 11.6. The van der Waals surface area contributed by atoms with Crippen molar-refractivity contribution in [2.75, 3.05) is 0 Å². The van der Waals surface area contributed by atoms with Gasteiger partial charge in [0.25, 0.3) is 5.56 Å². The Morgan fingerprint density at radius 3 is 2.45 bits per heavy atom. The van der Waals surface area contributed by atoms with Gasteiger partial charge in [-0.05, 0) is 35.9 Å². The molecule has 2 N–H and O–H groups in total. The maximum Gasteiger partial charge on any atom is 0.435 e. The lowest BCUT2D eigenvalue weighted by Crippen LogP contribution is -2.10. The highest BCUT2D eigenvalue weighted by molar-refractivity contribution is 6.42. The van der Waals surface area contributed by atoms with Crippen LogP contribution in [0.4, 0.5) is 13.2 Å². The number of halogens is 5. The van der Waals surface area contributed by atoms with Gasteiger partial charge in [-0.2, -0.15) is 18.3 Å². The molecule has 2 heterocycles. The predicted molar refractivity (Wildman–Crippen MR) is 111 cm³/mol. The highest BCUT2D eigenvalue weighted by atomic mass is 35.5. The number of hydrogen-bond donors (Lipinski definition) is 2. The van der Waals surface area contributed by atoms with Crippen molar-refractivity contribution < 1.29 is 18.3 Å². The molecule has 0 saturated carbocycles. The fourth-order valence-corrected chi connectivity index (χ4v) is 3.50. The van der Waals surface area contributed by atoms with E-state index in [9.17, 15) is 23.1 Å². The summed E-state index contributed by atoms with van der Waals surface area (Å²) in [5.41, 5.74) is -2.12. The molecule has 4 aromatic rings. The minimum Gasteiger partial charge on any atom is -0.507 e. The molecule has 0 fully saturated rings. The molecular weight excluding hydrogens is 454 g/mol. The second-order valence-electron chi connectivity index (χ2n) is 6.51. The van der Waals surface area contributed by atoms with Crippen LogP contribution >= 0.6 is 23.2 Å². The summed E-state index contributed by atoms with van der Waals surface area (Å²) in [4.78, 5) is 14.7. The van der Waals surface area contributed by atoms with Gasteiger partial charge in [-0.3, -0.25) is 4.79 Å². The van der Waals surface area contributed by atoms with Gasteiger partial charge < -0.3 is 10.1 Å². The monoisotopic (exact) mass is 463 g/mol. The molecule has 156 valence electrons. The van der Waals surface area contributed by atoms with Crippen LogP contribution in [0.15, 0.2) is 47.3 Å². The van der Waals surface area contributed by atoms with E-state index in [4.69, 9.17) is 29.6 Å². The number of terminal acetylenes is 1. The van der Waals surface area contributed by atoms with Crippen LogP contribution in [0.2, 0.25) is 10.0 Å². The van der Waals surface area contributed by atoms with Crippen LogP contribution in [-0.2, 0) is 6.18 Å². The summed E-state index contributed by atoms with van der Waals surface area (Å²) in [6.45, 7) is 0. The number of fused-ring (bicyclic) bond motifs is 1. The van der Waals surface area contributed by atoms with Gasteiger partial charge in [-0.1, -0.05) is 35.2 Å². The number of aromatic hydroxyl groups is 1. The molecule has 0 aliphatic rings. The molecule has 10 heteroatoms. The number of nitrogens with zero attached hydrogens (tertiary/aromatic N) is 2. The van der Waals surface area contributed by atoms with E-state index in [1.54, 1.807) is 0 Å². The maximum absolute atomic E-state index is 13.9. The lowest BCUT2D eigenvalue weighted by molar-refractivity contribution is -0.140. The highest BCUT2D eigenvalue weighted by Gasteiger charge is 2.39. The molecule has 0 bridgehead atoms. The third kappa shape index (κ3) is 3.63. The Balaban J connectivity index is 2.11. The Labute approximate surface area is 182 Å². The van der Waals surface area contributed by atoms with Crippen molar-refractivity contribution in [2.45, 2.75) is 6.18 Å². The zero-order valence-corrected chi connectivity index (χ0v) is 16.8. The fraction of sp³-hybridized carbons (Fsp3) is 0.0476. The average Bonchev–Trinajstić information content (AvgIpc) is 3.09. The van der Waals surface area contributed by atoms with Crippen molar-refractivity contribution in [3.8, 4) is 40.5 Å². The lowest BCUT2D eigenvalue weighted by atomic mass is 10.0. The van der Waals surface area contributed by atoms with Gasteiger partial charge in [0.1, 0.15) is 11.4 Å². The van der Waals surface area contributed by atoms with Gasteiger partial charge in [-0.25, -0.2) is 4.52 Å². The third-order valence-corrected chi connectivity index (χ3v) is 5.28. The number of phenols is 1. The number of aromatic amines is 1. The van der Waals surface area contributed by atoms with E-state index in [0.717, 1.165) is 10.6 Å². The quantitative estimate of drug-likeness (QED) is 0.392. The summed E-state index contributed by atoms with van der Waals surface area (Å²) in [6, 6.07) is 9.10. The van der Waals surface area contributed by atoms with Crippen molar-refractivity contribution >= 4 is 28.8 Å². The second-order valence-corrected chi connectivity index (χ2v) is 7.32. The zero-order valence-electron chi connectivity index (χ0n) is 15.3. The first-order valence-electron chi connectivity index (χ1n) is 8.59. The summed E-state index contributed by atoms with van der Waals surface area (Å²) >= 11 is 11.9. The first-order valence-corrected chi connectivity index (χ1v) is 9.34. The molecule has 0 radical (unpaired) electrons. The number of H-pyrrole nitrogens is 1. The van der Waals surface area contributed by atoms with Crippen molar-refractivity contribution in [2.24, 2.45) is 0 Å². The van der Waals surface area contributed by atoms with Crippen LogP contribution in [-0.4, -0.2) is 19.7 Å². The van der Waals surface area contributed by atoms with E-state index in [1.807, 2.05) is 0 Å². The number of phenolic OH excluding ortho intramolecular Hbond substituents is 1. The molecule has 5 nitrogen and oxygen atoms in total. The van der Waals surface area contributed by atoms with Crippen molar-refractivity contribution in [1.82, 2.24) is 14.6 Å². The van der Waals surface area contributed by atoms with Gasteiger partial charge in [-0.15, -0.1) is 6.42 Å². The Morgan fingerprint density at radius 1 is 1.10 bits per heavy atom. The number of nitrogens with one attached hydrogen (secondary N) is 1. The molecule has 2 aromatic heterocycles. The molecule has 0 amide bonds. The van der Waals surface area contributed by atoms with E-state index < -0.39 is 17.4 Å². The average molecular weight is 464 g/mol. The number of benzene rings is 2. The van der Waals surface area contributed by atoms with E-state index in [2.05, 4.69) is 16.0 Å². The summed E-state index contributed by atoms with van der Waals surface area (Å²) in [7, 11) is 0.